The molecule has 0 aliphatic heterocycles. The molecule has 0 saturated carbocycles. The summed E-state index contributed by atoms with van der Waals surface area (Å²) in [5, 5.41) is 5.97. The Kier molecular flexibility index (Phi) is 8.61. The molecule has 0 unspecified atom stereocenters. The van der Waals surface area contributed by atoms with Crippen molar-refractivity contribution in [2.45, 2.75) is 19.5 Å². The van der Waals surface area contributed by atoms with E-state index in [0.717, 1.165) is 11.1 Å². The standard InChI is InChI=1S/C20H25ClN4O2/c21-18-9-7-16(8-10-18)13-23-20(27)24-14-19(26)25(12-4-11-22)15-17-5-2-1-3-6-17/h1-3,5-10H,4,11-15,22H2,(H2,23,24,27). The van der Waals surface area contributed by atoms with Crippen LogP contribution >= 0.6 is 11.6 Å². The Morgan fingerprint density at radius 1 is 0.963 bits per heavy atom. The molecule has 7 heteroatoms. The summed E-state index contributed by atoms with van der Waals surface area (Å²) in [5.74, 6) is -0.144. The maximum Gasteiger partial charge on any atom is 0.315 e. The third-order valence-electron chi connectivity index (χ3n) is 3.97. The van der Waals surface area contributed by atoms with E-state index in [-0.39, 0.29) is 12.5 Å². The van der Waals surface area contributed by atoms with Crippen molar-refractivity contribution in [3.63, 3.8) is 0 Å². The van der Waals surface area contributed by atoms with Crippen molar-refractivity contribution in [2.75, 3.05) is 19.6 Å². The summed E-state index contributed by atoms with van der Waals surface area (Å²) in [5.41, 5.74) is 7.53. The van der Waals surface area contributed by atoms with Gasteiger partial charge in [-0.25, -0.2) is 4.79 Å². The van der Waals surface area contributed by atoms with Gasteiger partial charge in [-0.1, -0.05) is 54.1 Å². The Hall–Kier alpha value is -2.57. The van der Waals surface area contributed by atoms with E-state index in [2.05, 4.69) is 10.6 Å². The SMILES string of the molecule is NCCCN(Cc1ccccc1)C(=O)CNC(=O)NCc1ccc(Cl)cc1. The molecule has 0 spiro atoms. The summed E-state index contributed by atoms with van der Waals surface area (Å²) in [4.78, 5) is 26.2. The van der Waals surface area contributed by atoms with Gasteiger partial charge in [-0.05, 0) is 36.2 Å². The van der Waals surface area contributed by atoms with Gasteiger partial charge in [0.05, 0.1) is 6.54 Å². The van der Waals surface area contributed by atoms with E-state index in [9.17, 15) is 9.59 Å². The van der Waals surface area contributed by atoms with E-state index in [1.165, 1.54) is 0 Å². The zero-order valence-corrected chi connectivity index (χ0v) is 15.9. The van der Waals surface area contributed by atoms with Gasteiger partial charge in [0.25, 0.3) is 0 Å². The van der Waals surface area contributed by atoms with Crippen LogP contribution in [-0.4, -0.2) is 36.5 Å². The molecule has 2 aromatic rings. The molecule has 0 aromatic heterocycles. The van der Waals surface area contributed by atoms with E-state index >= 15 is 0 Å². The molecular weight excluding hydrogens is 364 g/mol. The van der Waals surface area contributed by atoms with Crippen LogP contribution in [0.25, 0.3) is 0 Å². The van der Waals surface area contributed by atoms with Gasteiger partial charge in [0.15, 0.2) is 0 Å². The normalized spacial score (nSPS) is 10.3. The molecule has 0 atom stereocenters. The molecule has 0 fully saturated rings. The number of nitrogens with two attached hydrogens (primary N) is 1. The molecule has 0 saturated heterocycles. The third kappa shape index (κ3) is 7.68. The van der Waals surface area contributed by atoms with Crippen molar-refractivity contribution in [1.82, 2.24) is 15.5 Å². The third-order valence-corrected chi connectivity index (χ3v) is 4.22. The molecule has 0 bridgehead atoms. The Labute approximate surface area is 164 Å². The number of nitrogens with zero attached hydrogens (tertiary/aromatic N) is 1. The Bertz CT molecular complexity index is 723. The first kappa shape index (κ1) is 20.7. The molecule has 0 aliphatic carbocycles. The quantitative estimate of drug-likeness (QED) is 0.616. The molecule has 6 nitrogen and oxygen atoms in total. The second-order valence-corrected chi connectivity index (χ2v) is 6.54. The van der Waals surface area contributed by atoms with Crippen LogP contribution in [-0.2, 0) is 17.9 Å². The Morgan fingerprint density at radius 2 is 1.67 bits per heavy atom. The highest BCUT2D eigenvalue weighted by Gasteiger charge is 2.14. The van der Waals surface area contributed by atoms with Crippen molar-refractivity contribution in [3.05, 3.63) is 70.7 Å². The number of nitrogens with one attached hydrogen (secondary N) is 2. The number of carbonyl (C=O) groups excluding carboxylic acids is 2. The summed E-state index contributed by atoms with van der Waals surface area (Å²) in [6, 6.07) is 16.5. The van der Waals surface area contributed by atoms with Crippen LogP contribution in [0.3, 0.4) is 0 Å². The molecule has 0 heterocycles. The molecule has 3 amide bonds. The summed E-state index contributed by atoms with van der Waals surface area (Å²) in [6.45, 7) is 1.85. The maximum atomic E-state index is 12.5. The number of hydrogen-bond donors (Lipinski definition) is 3. The van der Waals surface area contributed by atoms with Crippen LogP contribution in [0.2, 0.25) is 5.02 Å². The van der Waals surface area contributed by atoms with Crippen molar-refractivity contribution >= 4 is 23.5 Å². The lowest BCUT2D eigenvalue weighted by atomic mass is 10.2. The highest BCUT2D eigenvalue weighted by atomic mass is 35.5. The minimum absolute atomic E-state index is 0.0656. The van der Waals surface area contributed by atoms with Gasteiger partial charge >= 0.3 is 6.03 Å². The smallest absolute Gasteiger partial charge is 0.315 e. The minimum Gasteiger partial charge on any atom is -0.337 e. The van der Waals surface area contributed by atoms with Gasteiger partial charge in [0, 0.05) is 24.7 Å². The van der Waals surface area contributed by atoms with E-state index in [4.69, 9.17) is 17.3 Å². The molecular formula is C20H25ClN4O2. The highest BCUT2D eigenvalue weighted by molar-refractivity contribution is 6.30. The number of carbonyl (C=O) groups is 2. The first-order chi connectivity index (χ1) is 13.1. The molecule has 0 aliphatic rings. The predicted octanol–water partition coefficient (Wildman–Crippen LogP) is 2.52. The van der Waals surface area contributed by atoms with Crippen LogP contribution in [0, 0.1) is 0 Å². The van der Waals surface area contributed by atoms with Gasteiger partial charge in [0.2, 0.25) is 5.91 Å². The lowest BCUT2D eigenvalue weighted by molar-refractivity contribution is -0.130. The van der Waals surface area contributed by atoms with Crippen LogP contribution in [0.1, 0.15) is 17.5 Å². The lowest BCUT2D eigenvalue weighted by Crippen LogP contribution is -2.43. The Morgan fingerprint density at radius 3 is 2.33 bits per heavy atom. The highest BCUT2D eigenvalue weighted by Crippen LogP contribution is 2.09. The number of rotatable bonds is 9. The molecule has 0 radical (unpaired) electrons. The largest absolute Gasteiger partial charge is 0.337 e. The fraction of sp³-hybridized carbons (Fsp3) is 0.300. The van der Waals surface area contributed by atoms with Gasteiger partial charge in [-0.3, -0.25) is 4.79 Å². The van der Waals surface area contributed by atoms with E-state index in [0.29, 0.717) is 37.6 Å². The number of hydrogen-bond acceptors (Lipinski definition) is 3. The first-order valence-corrected chi connectivity index (χ1v) is 9.24. The molecule has 27 heavy (non-hydrogen) atoms. The van der Waals surface area contributed by atoms with Gasteiger partial charge < -0.3 is 21.3 Å². The minimum atomic E-state index is -0.392. The lowest BCUT2D eigenvalue weighted by Gasteiger charge is -2.23. The second-order valence-electron chi connectivity index (χ2n) is 6.11. The molecule has 144 valence electrons. The number of benzene rings is 2. The molecule has 2 aromatic carbocycles. The van der Waals surface area contributed by atoms with E-state index in [1.807, 2.05) is 42.5 Å². The predicted molar refractivity (Wildman–Crippen MR) is 107 cm³/mol. The van der Waals surface area contributed by atoms with Crippen LogP contribution in [0.4, 0.5) is 4.79 Å². The number of urea groups is 1. The molecule has 2 rings (SSSR count). The van der Waals surface area contributed by atoms with Gasteiger partial charge in [-0.2, -0.15) is 0 Å². The fourth-order valence-electron chi connectivity index (χ4n) is 2.49. The van der Waals surface area contributed by atoms with Gasteiger partial charge in [0.1, 0.15) is 0 Å². The van der Waals surface area contributed by atoms with Crippen LogP contribution < -0.4 is 16.4 Å². The average Bonchev–Trinajstić information content (AvgIpc) is 2.69. The van der Waals surface area contributed by atoms with Crippen LogP contribution in [0.5, 0.6) is 0 Å². The van der Waals surface area contributed by atoms with Crippen molar-refractivity contribution in [1.29, 1.82) is 0 Å². The second kappa shape index (κ2) is 11.2. The van der Waals surface area contributed by atoms with E-state index < -0.39 is 6.03 Å². The summed E-state index contributed by atoms with van der Waals surface area (Å²) in [6.07, 6.45) is 0.710. The zero-order chi connectivity index (χ0) is 19.5. The van der Waals surface area contributed by atoms with Crippen molar-refractivity contribution < 1.29 is 9.59 Å². The Balaban J connectivity index is 1.80. The number of halogens is 1. The summed E-state index contributed by atoms with van der Waals surface area (Å²) in [7, 11) is 0. The van der Waals surface area contributed by atoms with Crippen molar-refractivity contribution in [3.8, 4) is 0 Å². The topological polar surface area (TPSA) is 87.5 Å². The average molecular weight is 389 g/mol. The summed E-state index contributed by atoms with van der Waals surface area (Å²) < 4.78 is 0. The monoisotopic (exact) mass is 388 g/mol. The van der Waals surface area contributed by atoms with Gasteiger partial charge in [-0.15, -0.1) is 0 Å². The van der Waals surface area contributed by atoms with Crippen LogP contribution in [0.15, 0.2) is 54.6 Å². The summed E-state index contributed by atoms with van der Waals surface area (Å²) >= 11 is 5.83. The van der Waals surface area contributed by atoms with Crippen molar-refractivity contribution in [2.24, 2.45) is 5.73 Å². The molecule has 4 N–H and O–H groups in total. The first-order valence-electron chi connectivity index (χ1n) is 8.86. The van der Waals surface area contributed by atoms with E-state index in [1.54, 1.807) is 17.0 Å². The zero-order valence-electron chi connectivity index (χ0n) is 15.2. The fourth-order valence-corrected chi connectivity index (χ4v) is 2.62. The maximum absolute atomic E-state index is 12.5. The number of amides is 3.